The maximum atomic E-state index is 12.6. The van der Waals surface area contributed by atoms with Gasteiger partial charge in [0.25, 0.3) is 5.91 Å². The summed E-state index contributed by atoms with van der Waals surface area (Å²) in [6, 6.07) is 5.31. The smallest absolute Gasteiger partial charge is 0.268 e. The van der Waals surface area contributed by atoms with Gasteiger partial charge in [0, 0.05) is 17.1 Å². The molecule has 1 aromatic carbocycles. The minimum absolute atomic E-state index is 0.0618. The van der Waals surface area contributed by atoms with Crippen molar-refractivity contribution in [2.24, 2.45) is 11.7 Å². The van der Waals surface area contributed by atoms with Crippen LogP contribution in [0.15, 0.2) is 18.2 Å². The zero-order valence-corrected chi connectivity index (χ0v) is 13.1. The summed E-state index contributed by atoms with van der Waals surface area (Å²) in [5.41, 5.74) is 6.28. The lowest BCUT2D eigenvalue weighted by atomic mass is 10.00. The second-order valence-corrected chi connectivity index (χ2v) is 6.74. The van der Waals surface area contributed by atoms with Gasteiger partial charge in [-0.1, -0.05) is 25.4 Å². The van der Waals surface area contributed by atoms with Crippen LogP contribution in [-0.4, -0.2) is 24.1 Å². The number of carbonyl (C=O) groups excluding carboxylic acids is 1. The molecule has 1 heterocycles. The first-order chi connectivity index (χ1) is 9.19. The van der Waals surface area contributed by atoms with Crippen molar-refractivity contribution >= 4 is 23.2 Å². The predicted molar refractivity (Wildman–Crippen MR) is 81.3 cm³/mol. The van der Waals surface area contributed by atoms with Gasteiger partial charge in [-0.25, -0.2) is 0 Å². The van der Waals surface area contributed by atoms with Gasteiger partial charge in [0.2, 0.25) is 0 Å². The van der Waals surface area contributed by atoms with Crippen molar-refractivity contribution in [3.05, 3.63) is 23.2 Å². The first-order valence-electron chi connectivity index (χ1n) is 6.75. The quantitative estimate of drug-likeness (QED) is 0.933. The molecule has 0 saturated heterocycles. The Kier molecular flexibility index (Phi) is 3.98. The highest BCUT2D eigenvalue weighted by molar-refractivity contribution is 6.31. The van der Waals surface area contributed by atoms with E-state index in [0.717, 1.165) is 0 Å². The number of amides is 1. The Labute approximate surface area is 124 Å². The fourth-order valence-electron chi connectivity index (χ4n) is 2.25. The van der Waals surface area contributed by atoms with Crippen LogP contribution < -0.4 is 15.4 Å². The molecule has 1 amide bonds. The van der Waals surface area contributed by atoms with Gasteiger partial charge >= 0.3 is 0 Å². The number of hydrogen-bond donors (Lipinski definition) is 1. The summed E-state index contributed by atoms with van der Waals surface area (Å²) in [5, 5.41) is 0.572. The van der Waals surface area contributed by atoms with Crippen LogP contribution in [0.5, 0.6) is 5.75 Å². The molecule has 5 heteroatoms. The molecule has 20 heavy (non-hydrogen) atoms. The maximum Gasteiger partial charge on any atom is 0.268 e. The highest BCUT2D eigenvalue weighted by atomic mass is 35.5. The van der Waals surface area contributed by atoms with E-state index < -0.39 is 11.6 Å². The highest BCUT2D eigenvalue weighted by Gasteiger charge is 2.38. The molecule has 0 saturated carbocycles. The maximum absolute atomic E-state index is 12.6. The molecule has 2 N–H and O–H groups in total. The van der Waals surface area contributed by atoms with Crippen LogP contribution in [0, 0.1) is 5.92 Å². The fourth-order valence-corrected chi connectivity index (χ4v) is 2.42. The molecule has 1 aromatic rings. The van der Waals surface area contributed by atoms with Gasteiger partial charge in [0.15, 0.2) is 6.10 Å². The Morgan fingerprint density at radius 1 is 1.45 bits per heavy atom. The van der Waals surface area contributed by atoms with Gasteiger partial charge in [-0.3, -0.25) is 4.79 Å². The SMILES string of the molecule is CC(C)C1Oc2ccc(Cl)cc2N(CC(C)(C)N)C1=O. The van der Waals surface area contributed by atoms with E-state index in [0.29, 0.717) is 23.0 Å². The minimum Gasteiger partial charge on any atom is -0.478 e. The predicted octanol–water partition coefficient (Wildman–Crippen LogP) is 2.83. The lowest BCUT2D eigenvalue weighted by molar-refractivity contribution is -0.128. The van der Waals surface area contributed by atoms with Crippen molar-refractivity contribution in [3.8, 4) is 5.75 Å². The first-order valence-corrected chi connectivity index (χ1v) is 7.13. The summed E-state index contributed by atoms with van der Waals surface area (Å²) in [7, 11) is 0. The van der Waals surface area contributed by atoms with E-state index in [1.165, 1.54) is 0 Å². The molecule has 1 unspecified atom stereocenters. The Bertz CT molecular complexity index is 523. The number of carbonyl (C=O) groups is 1. The van der Waals surface area contributed by atoms with Gasteiger partial charge in [0.1, 0.15) is 5.75 Å². The molecule has 0 bridgehead atoms. The van der Waals surface area contributed by atoms with Crippen LogP contribution in [-0.2, 0) is 4.79 Å². The number of fused-ring (bicyclic) bond motifs is 1. The van der Waals surface area contributed by atoms with Gasteiger partial charge in [-0.2, -0.15) is 0 Å². The van der Waals surface area contributed by atoms with Gasteiger partial charge in [-0.15, -0.1) is 0 Å². The third-order valence-electron chi connectivity index (χ3n) is 3.15. The number of nitrogens with two attached hydrogens (primary N) is 1. The summed E-state index contributed by atoms with van der Waals surface area (Å²) < 4.78 is 5.81. The topological polar surface area (TPSA) is 55.6 Å². The molecule has 1 atom stereocenters. The zero-order chi connectivity index (χ0) is 15.1. The molecule has 0 fully saturated rings. The number of hydrogen-bond acceptors (Lipinski definition) is 3. The molecule has 0 spiro atoms. The van der Waals surface area contributed by atoms with E-state index in [1.807, 2.05) is 27.7 Å². The van der Waals surface area contributed by atoms with Crippen molar-refractivity contribution in [3.63, 3.8) is 0 Å². The van der Waals surface area contributed by atoms with Crippen molar-refractivity contribution in [2.75, 3.05) is 11.4 Å². The van der Waals surface area contributed by atoms with Crippen LogP contribution in [0.25, 0.3) is 0 Å². The number of halogens is 1. The Morgan fingerprint density at radius 3 is 2.65 bits per heavy atom. The molecule has 0 aromatic heterocycles. The van der Waals surface area contributed by atoms with Crippen LogP contribution >= 0.6 is 11.6 Å². The largest absolute Gasteiger partial charge is 0.478 e. The number of nitrogens with zero attached hydrogens (tertiary/aromatic N) is 1. The van der Waals surface area contributed by atoms with Crippen molar-refractivity contribution < 1.29 is 9.53 Å². The monoisotopic (exact) mass is 296 g/mol. The Morgan fingerprint density at radius 2 is 2.10 bits per heavy atom. The molecule has 1 aliphatic heterocycles. The van der Waals surface area contributed by atoms with Crippen molar-refractivity contribution in [1.29, 1.82) is 0 Å². The van der Waals surface area contributed by atoms with Crippen LogP contribution in [0.3, 0.4) is 0 Å². The summed E-state index contributed by atoms with van der Waals surface area (Å²) >= 11 is 6.04. The second-order valence-electron chi connectivity index (χ2n) is 6.31. The summed E-state index contributed by atoms with van der Waals surface area (Å²) in [6.45, 7) is 8.14. The van der Waals surface area contributed by atoms with Gasteiger partial charge < -0.3 is 15.4 Å². The number of ether oxygens (including phenoxy) is 1. The van der Waals surface area contributed by atoms with Gasteiger partial charge in [-0.05, 0) is 38.0 Å². The average Bonchev–Trinajstić information content (AvgIpc) is 2.31. The van der Waals surface area contributed by atoms with Crippen LogP contribution in [0.2, 0.25) is 5.02 Å². The van der Waals surface area contributed by atoms with Gasteiger partial charge in [0.05, 0.1) is 5.69 Å². The Hall–Kier alpha value is -1.26. The molecule has 0 radical (unpaired) electrons. The lowest BCUT2D eigenvalue weighted by Gasteiger charge is -2.38. The normalized spacial score (nSPS) is 19.1. The third-order valence-corrected chi connectivity index (χ3v) is 3.38. The average molecular weight is 297 g/mol. The summed E-state index contributed by atoms with van der Waals surface area (Å²) in [5.74, 6) is 0.708. The van der Waals surface area contributed by atoms with E-state index in [-0.39, 0.29) is 11.8 Å². The molecule has 4 nitrogen and oxygen atoms in total. The first kappa shape index (κ1) is 15.1. The van der Waals surface area contributed by atoms with E-state index in [1.54, 1.807) is 23.1 Å². The molecule has 2 rings (SSSR count). The number of benzene rings is 1. The lowest BCUT2D eigenvalue weighted by Crippen LogP contribution is -2.54. The fraction of sp³-hybridized carbons (Fsp3) is 0.533. The molecule has 1 aliphatic rings. The zero-order valence-electron chi connectivity index (χ0n) is 12.3. The summed E-state index contributed by atoms with van der Waals surface area (Å²) in [6.07, 6.45) is -0.481. The van der Waals surface area contributed by atoms with E-state index in [2.05, 4.69) is 0 Å². The van der Waals surface area contributed by atoms with E-state index in [4.69, 9.17) is 22.1 Å². The van der Waals surface area contributed by atoms with Crippen LogP contribution in [0.1, 0.15) is 27.7 Å². The number of anilines is 1. The van der Waals surface area contributed by atoms with E-state index >= 15 is 0 Å². The molecular weight excluding hydrogens is 276 g/mol. The molecule has 0 aliphatic carbocycles. The minimum atomic E-state index is -0.492. The highest BCUT2D eigenvalue weighted by Crippen LogP contribution is 2.38. The van der Waals surface area contributed by atoms with Crippen LogP contribution in [0.4, 0.5) is 5.69 Å². The van der Waals surface area contributed by atoms with Crippen molar-refractivity contribution in [2.45, 2.75) is 39.3 Å². The molecule has 110 valence electrons. The Balaban J connectivity index is 2.46. The standard InChI is InChI=1S/C15H21ClN2O2/c1-9(2)13-14(19)18(8-15(3,4)17)11-7-10(16)5-6-12(11)20-13/h5-7,9,13H,8,17H2,1-4H3. The molecular formula is C15H21ClN2O2. The third kappa shape index (κ3) is 3.07. The summed E-state index contributed by atoms with van der Waals surface area (Å²) in [4.78, 5) is 14.3. The second kappa shape index (κ2) is 5.26. The number of rotatable bonds is 3. The van der Waals surface area contributed by atoms with E-state index in [9.17, 15) is 4.79 Å². The van der Waals surface area contributed by atoms with Crippen molar-refractivity contribution in [1.82, 2.24) is 0 Å².